The van der Waals surface area contributed by atoms with Gasteiger partial charge in [-0.3, -0.25) is 4.79 Å². The molecule has 0 atom stereocenters. The van der Waals surface area contributed by atoms with Gasteiger partial charge in [0.05, 0.1) is 17.3 Å². The monoisotopic (exact) mass is 349 g/mol. The lowest BCUT2D eigenvalue weighted by Gasteiger charge is -2.08. The van der Waals surface area contributed by atoms with Crippen molar-refractivity contribution in [2.24, 2.45) is 0 Å². The highest BCUT2D eigenvalue weighted by atomic mass is 79.9. The third-order valence-corrected chi connectivity index (χ3v) is 3.99. The molecule has 0 saturated heterocycles. The largest absolute Gasteiger partial charge is 0.496 e. The van der Waals surface area contributed by atoms with Crippen LogP contribution >= 0.6 is 15.9 Å². The standard InChI is InChI=1S/C15H16BrN3O2/c1-21-13-5-2-9(6-12(13)16)15-18-11(7-14(20)19-15)8-17-10-3-4-10/h2,5-7,10,17H,3-4,8H2,1H3,(H,18,19,20). The fraction of sp³-hybridized carbons (Fsp3) is 0.333. The average molecular weight is 350 g/mol. The summed E-state index contributed by atoms with van der Waals surface area (Å²) in [5, 5.41) is 3.36. The van der Waals surface area contributed by atoms with Crippen molar-refractivity contribution in [3.05, 3.63) is 44.8 Å². The molecular formula is C15H16BrN3O2. The topological polar surface area (TPSA) is 67.0 Å². The van der Waals surface area contributed by atoms with Gasteiger partial charge in [0.15, 0.2) is 0 Å². The SMILES string of the molecule is COc1ccc(-c2nc(CNC3CC3)cc(=O)[nH]2)cc1Br. The Bertz CT molecular complexity index is 710. The normalized spacial score (nSPS) is 14.2. The first-order chi connectivity index (χ1) is 10.2. The van der Waals surface area contributed by atoms with Crippen molar-refractivity contribution in [2.45, 2.75) is 25.4 Å². The first kappa shape index (κ1) is 14.3. The van der Waals surface area contributed by atoms with Crippen molar-refractivity contribution in [2.75, 3.05) is 7.11 Å². The number of aromatic nitrogens is 2. The lowest BCUT2D eigenvalue weighted by atomic mass is 10.2. The van der Waals surface area contributed by atoms with Gasteiger partial charge in [0.25, 0.3) is 5.56 Å². The van der Waals surface area contributed by atoms with Crippen LogP contribution in [0.2, 0.25) is 0 Å². The van der Waals surface area contributed by atoms with Crippen molar-refractivity contribution in [3.63, 3.8) is 0 Å². The van der Waals surface area contributed by atoms with Crippen LogP contribution in [0.25, 0.3) is 11.4 Å². The number of hydrogen-bond acceptors (Lipinski definition) is 4. The molecule has 1 aromatic heterocycles. The maximum atomic E-state index is 11.8. The summed E-state index contributed by atoms with van der Waals surface area (Å²) in [6, 6.07) is 7.73. The zero-order valence-corrected chi connectivity index (χ0v) is 13.2. The van der Waals surface area contributed by atoms with E-state index >= 15 is 0 Å². The van der Waals surface area contributed by atoms with Gasteiger partial charge in [0, 0.05) is 24.2 Å². The number of H-pyrrole nitrogens is 1. The third-order valence-electron chi connectivity index (χ3n) is 3.37. The van der Waals surface area contributed by atoms with Crippen LogP contribution in [-0.2, 0) is 6.54 Å². The van der Waals surface area contributed by atoms with Gasteiger partial charge in [-0.05, 0) is 47.0 Å². The summed E-state index contributed by atoms with van der Waals surface area (Å²) >= 11 is 3.44. The van der Waals surface area contributed by atoms with Crippen molar-refractivity contribution < 1.29 is 4.74 Å². The highest BCUT2D eigenvalue weighted by Crippen LogP contribution is 2.28. The Kier molecular flexibility index (Phi) is 4.07. The van der Waals surface area contributed by atoms with Crippen LogP contribution in [0, 0.1) is 0 Å². The van der Waals surface area contributed by atoms with E-state index in [9.17, 15) is 4.79 Å². The van der Waals surface area contributed by atoms with Gasteiger partial charge in [-0.2, -0.15) is 0 Å². The second-order valence-electron chi connectivity index (χ2n) is 5.09. The quantitative estimate of drug-likeness (QED) is 0.869. The molecule has 1 aromatic carbocycles. The summed E-state index contributed by atoms with van der Waals surface area (Å²) < 4.78 is 6.03. The molecule has 1 aliphatic rings. The third kappa shape index (κ3) is 3.51. The van der Waals surface area contributed by atoms with Gasteiger partial charge in [0.1, 0.15) is 11.6 Å². The van der Waals surface area contributed by atoms with E-state index in [2.05, 4.69) is 31.2 Å². The Morgan fingerprint density at radius 3 is 2.90 bits per heavy atom. The number of hydrogen-bond donors (Lipinski definition) is 2. The molecule has 0 radical (unpaired) electrons. The van der Waals surface area contributed by atoms with E-state index in [1.54, 1.807) is 7.11 Å². The molecule has 1 saturated carbocycles. The number of benzene rings is 1. The highest BCUT2D eigenvalue weighted by Gasteiger charge is 2.20. The van der Waals surface area contributed by atoms with Crippen molar-refractivity contribution in [3.8, 4) is 17.1 Å². The number of rotatable bonds is 5. The van der Waals surface area contributed by atoms with Crippen LogP contribution in [0.1, 0.15) is 18.5 Å². The van der Waals surface area contributed by atoms with E-state index in [-0.39, 0.29) is 5.56 Å². The molecule has 0 bridgehead atoms. The van der Waals surface area contributed by atoms with Crippen molar-refractivity contribution in [1.29, 1.82) is 0 Å². The Labute approximate surface area is 130 Å². The Morgan fingerprint density at radius 1 is 1.43 bits per heavy atom. The molecule has 5 nitrogen and oxygen atoms in total. The van der Waals surface area contributed by atoms with E-state index in [0.717, 1.165) is 21.5 Å². The summed E-state index contributed by atoms with van der Waals surface area (Å²) in [6.07, 6.45) is 2.42. The van der Waals surface area contributed by atoms with Crippen LogP contribution < -0.4 is 15.6 Å². The summed E-state index contributed by atoms with van der Waals surface area (Å²) in [5.74, 6) is 1.31. The van der Waals surface area contributed by atoms with E-state index in [0.29, 0.717) is 18.4 Å². The molecule has 3 rings (SSSR count). The number of nitrogens with one attached hydrogen (secondary N) is 2. The van der Waals surface area contributed by atoms with E-state index in [4.69, 9.17) is 4.74 Å². The smallest absolute Gasteiger partial charge is 0.251 e. The maximum absolute atomic E-state index is 11.8. The van der Waals surface area contributed by atoms with Gasteiger partial charge in [-0.25, -0.2) is 4.98 Å². The Morgan fingerprint density at radius 2 is 2.24 bits per heavy atom. The highest BCUT2D eigenvalue weighted by molar-refractivity contribution is 9.10. The number of methoxy groups -OCH3 is 1. The minimum atomic E-state index is -0.139. The summed E-state index contributed by atoms with van der Waals surface area (Å²) in [7, 11) is 1.62. The molecular weight excluding hydrogens is 334 g/mol. The van der Waals surface area contributed by atoms with Crippen LogP contribution in [-0.4, -0.2) is 23.1 Å². The fourth-order valence-corrected chi connectivity index (χ4v) is 2.63. The second-order valence-corrected chi connectivity index (χ2v) is 5.94. The second kappa shape index (κ2) is 5.99. The molecule has 6 heteroatoms. The van der Waals surface area contributed by atoms with Crippen molar-refractivity contribution >= 4 is 15.9 Å². The average Bonchev–Trinajstić information content (AvgIpc) is 3.28. The number of ether oxygens (including phenoxy) is 1. The Balaban J connectivity index is 1.89. The Hall–Kier alpha value is -1.66. The number of aromatic amines is 1. The predicted molar refractivity (Wildman–Crippen MR) is 84.4 cm³/mol. The molecule has 110 valence electrons. The lowest BCUT2D eigenvalue weighted by molar-refractivity contribution is 0.412. The van der Waals surface area contributed by atoms with E-state index < -0.39 is 0 Å². The van der Waals surface area contributed by atoms with Gasteiger partial charge >= 0.3 is 0 Å². The minimum absolute atomic E-state index is 0.139. The summed E-state index contributed by atoms with van der Waals surface area (Å²) in [6.45, 7) is 0.624. The zero-order chi connectivity index (χ0) is 14.8. The number of nitrogens with zero attached hydrogens (tertiary/aromatic N) is 1. The zero-order valence-electron chi connectivity index (χ0n) is 11.6. The predicted octanol–water partition coefficient (Wildman–Crippen LogP) is 2.46. The molecule has 0 amide bonds. The maximum Gasteiger partial charge on any atom is 0.251 e. The van der Waals surface area contributed by atoms with Gasteiger partial charge in [-0.15, -0.1) is 0 Å². The fourth-order valence-electron chi connectivity index (χ4n) is 2.09. The molecule has 1 fully saturated rings. The minimum Gasteiger partial charge on any atom is -0.496 e. The number of halogens is 1. The van der Waals surface area contributed by atoms with E-state index in [1.807, 2.05) is 18.2 Å². The molecule has 0 aliphatic heterocycles. The molecule has 2 aromatic rings. The van der Waals surface area contributed by atoms with Crippen LogP contribution in [0.3, 0.4) is 0 Å². The van der Waals surface area contributed by atoms with Crippen LogP contribution in [0.4, 0.5) is 0 Å². The molecule has 2 N–H and O–H groups in total. The summed E-state index contributed by atoms with van der Waals surface area (Å²) in [4.78, 5) is 19.1. The molecule has 21 heavy (non-hydrogen) atoms. The first-order valence-corrected chi connectivity index (χ1v) is 7.62. The molecule has 1 aliphatic carbocycles. The molecule has 0 spiro atoms. The van der Waals surface area contributed by atoms with Crippen LogP contribution in [0.5, 0.6) is 5.75 Å². The molecule has 0 unspecified atom stereocenters. The van der Waals surface area contributed by atoms with Crippen molar-refractivity contribution in [1.82, 2.24) is 15.3 Å². The summed E-state index contributed by atoms with van der Waals surface area (Å²) in [5.41, 5.74) is 1.46. The van der Waals surface area contributed by atoms with Crippen LogP contribution in [0.15, 0.2) is 33.5 Å². The first-order valence-electron chi connectivity index (χ1n) is 6.83. The van der Waals surface area contributed by atoms with Gasteiger partial charge < -0.3 is 15.0 Å². The van der Waals surface area contributed by atoms with E-state index in [1.165, 1.54) is 18.9 Å². The van der Waals surface area contributed by atoms with Gasteiger partial charge in [-0.1, -0.05) is 0 Å². The molecule has 1 heterocycles. The van der Waals surface area contributed by atoms with Gasteiger partial charge in [0.2, 0.25) is 0 Å². The lowest BCUT2D eigenvalue weighted by Crippen LogP contribution is -2.19.